The summed E-state index contributed by atoms with van der Waals surface area (Å²) in [6, 6.07) is -1.04. The van der Waals surface area contributed by atoms with Gasteiger partial charge in [-0.15, -0.1) is 0 Å². The molecule has 7 N–H and O–H groups in total. The Morgan fingerprint density at radius 1 is 0.830 bits per heavy atom. The third kappa shape index (κ3) is 19.5. The van der Waals surface area contributed by atoms with Gasteiger partial charge in [-0.3, -0.25) is 9.35 Å². The number of amides is 1. The van der Waals surface area contributed by atoms with Crippen LogP contribution in [-0.2, 0) is 28.9 Å². The first-order chi connectivity index (χ1) is 22.4. The molecule has 14 heteroatoms. The summed E-state index contributed by atoms with van der Waals surface area (Å²) in [6.07, 6.45) is 10.4. The Morgan fingerprint density at radius 2 is 1.38 bits per heavy atom. The topological polar surface area (TPSA) is 212 Å². The standard InChI is InChI=1S/C33H63NO12S/c1-3-5-7-9-11-13-14-16-17-19-21-26(36)25(34-32(40)27(37)22-20-18-15-12-10-8-6-4-2)24-44-33-30(39)31(46-47(41,42)43)29(38)28(23-35)45-33/h15,18,25-31,33,35-39H,3-14,16-17,19-24H2,1-2H3,(H,34,40)(H,41,42,43)/b18-15-. The van der Waals surface area contributed by atoms with E-state index in [9.17, 15) is 38.7 Å². The third-order valence-electron chi connectivity index (χ3n) is 8.44. The highest BCUT2D eigenvalue weighted by molar-refractivity contribution is 7.80. The van der Waals surface area contributed by atoms with Crippen LogP contribution in [0.5, 0.6) is 0 Å². The van der Waals surface area contributed by atoms with E-state index in [2.05, 4.69) is 23.3 Å². The lowest BCUT2D eigenvalue weighted by molar-refractivity contribution is -0.298. The SMILES string of the molecule is CCCCCC/C=C\CCC(O)C(=O)NC(COC1OC(CO)C(O)C(OS(=O)(=O)O)C1O)C(O)CCCCCCCCCCCC. The van der Waals surface area contributed by atoms with Crippen LogP contribution in [0.4, 0.5) is 0 Å². The van der Waals surface area contributed by atoms with Crippen LogP contribution in [0.1, 0.15) is 129 Å². The molecule has 0 radical (unpaired) electrons. The Balaban J connectivity index is 2.77. The van der Waals surface area contributed by atoms with Crippen molar-refractivity contribution < 1.29 is 57.0 Å². The normalized spacial score (nSPS) is 24.0. The van der Waals surface area contributed by atoms with Crippen molar-refractivity contribution in [3.05, 3.63) is 12.2 Å². The van der Waals surface area contributed by atoms with Crippen molar-refractivity contribution in [2.45, 2.75) is 178 Å². The monoisotopic (exact) mass is 697 g/mol. The summed E-state index contributed by atoms with van der Waals surface area (Å²) < 4.78 is 47.1. The summed E-state index contributed by atoms with van der Waals surface area (Å²) in [5.41, 5.74) is 0. The molecule has 1 rings (SSSR count). The predicted octanol–water partition coefficient (Wildman–Crippen LogP) is 3.45. The van der Waals surface area contributed by atoms with Gasteiger partial charge in [0, 0.05) is 0 Å². The quantitative estimate of drug-likeness (QED) is 0.0356. The van der Waals surface area contributed by atoms with Gasteiger partial charge in [-0.05, 0) is 32.1 Å². The zero-order valence-corrected chi connectivity index (χ0v) is 29.3. The van der Waals surface area contributed by atoms with E-state index in [1.807, 2.05) is 12.2 Å². The summed E-state index contributed by atoms with van der Waals surface area (Å²) in [5.74, 6) is -0.710. The number of allylic oxidation sites excluding steroid dienone is 2. The van der Waals surface area contributed by atoms with Gasteiger partial charge in [-0.1, -0.05) is 109 Å². The predicted molar refractivity (Wildman–Crippen MR) is 178 cm³/mol. The molecule has 1 fully saturated rings. The number of hydrogen-bond acceptors (Lipinski definition) is 11. The summed E-state index contributed by atoms with van der Waals surface area (Å²) in [6.45, 7) is 3.12. The van der Waals surface area contributed by atoms with Gasteiger partial charge < -0.3 is 40.3 Å². The number of nitrogens with one attached hydrogen (secondary N) is 1. The highest BCUT2D eigenvalue weighted by atomic mass is 32.3. The molecule has 13 nitrogen and oxygen atoms in total. The van der Waals surface area contributed by atoms with Crippen LogP contribution in [0, 0.1) is 0 Å². The molecule has 0 bridgehead atoms. The molecule has 1 aliphatic heterocycles. The van der Waals surface area contributed by atoms with Crippen LogP contribution in [0.25, 0.3) is 0 Å². The first-order valence-corrected chi connectivity index (χ1v) is 19.0. The largest absolute Gasteiger partial charge is 0.397 e. The van der Waals surface area contributed by atoms with E-state index >= 15 is 0 Å². The van der Waals surface area contributed by atoms with Gasteiger partial charge in [0.25, 0.3) is 0 Å². The van der Waals surface area contributed by atoms with E-state index in [0.717, 1.165) is 44.9 Å². The van der Waals surface area contributed by atoms with Gasteiger partial charge >= 0.3 is 10.4 Å². The van der Waals surface area contributed by atoms with E-state index in [1.54, 1.807) is 0 Å². The lowest BCUT2D eigenvalue weighted by Gasteiger charge is -2.41. The van der Waals surface area contributed by atoms with Crippen LogP contribution < -0.4 is 5.32 Å². The molecule has 0 aromatic rings. The van der Waals surface area contributed by atoms with Crippen molar-refractivity contribution in [3.8, 4) is 0 Å². The minimum atomic E-state index is -5.10. The van der Waals surface area contributed by atoms with Crippen LogP contribution in [0.3, 0.4) is 0 Å². The van der Waals surface area contributed by atoms with Crippen molar-refractivity contribution in [2.24, 2.45) is 0 Å². The number of carbonyl (C=O) groups excluding carboxylic acids is 1. The fraction of sp³-hybridized carbons (Fsp3) is 0.909. The molecule has 0 spiro atoms. The number of unbranched alkanes of at least 4 members (excludes halogenated alkanes) is 13. The highest BCUT2D eigenvalue weighted by Gasteiger charge is 2.48. The number of aliphatic hydroxyl groups is 5. The van der Waals surface area contributed by atoms with E-state index in [0.29, 0.717) is 19.3 Å². The summed E-state index contributed by atoms with van der Waals surface area (Å²) in [5, 5.41) is 54.6. The molecule has 1 heterocycles. The van der Waals surface area contributed by atoms with Crippen molar-refractivity contribution in [3.63, 3.8) is 0 Å². The van der Waals surface area contributed by atoms with E-state index < -0.39 is 78.5 Å². The van der Waals surface area contributed by atoms with E-state index in [1.165, 1.54) is 44.9 Å². The molecule has 47 heavy (non-hydrogen) atoms. The average Bonchev–Trinajstić information content (AvgIpc) is 3.03. The number of carbonyl (C=O) groups is 1. The van der Waals surface area contributed by atoms with Crippen molar-refractivity contribution in [1.82, 2.24) is 5.32 Å². The van der Waals surface area contributed by atoms with E-state index in [-0.39, 0.29) is 6.42 Å². The Kier molecular flexibility index (Phi) is 24.0. The Hall–Kier alpha value is -1.20. The minimum absolute atomic E-state index is 0.175. The second-order valence-electron chi connectivity index (χ2n) is 12.6. The lowest BCUT2D eigenvalue weighted by atomic mass is 9.99. The molecule has 1 saturated heterocycles. The molecule has 0 aromatic carbocycles. The average molecular weight is 698 g/mol. The fourth-order valence-corrected chi connectivity index (χ4v) is 6.03. The molecule has 8 atom stereocenters. The molecular formula is C33H63NO12S. The number of hydrogen-bond donors (Lipinski definition) is 7. The van der Waals surface area contributed by atoms with Crippen molar-refractivity contribution >= 4 is 16.3 Å². The molecule has 0 saturated carbocycles. The second kappa shape index (κ2) is 25.7. The first kappa shape index (κ1) is 43.8. The van der Waals surface area contributed by atoms with Gasteiger partial charge in [0.1, 0.15) is 30.5 Å². The maximum atomic E-state index is 12.9. The first-order valence-electron chi connectivity index (χ1n) is 17.7. The van der Waals surface area contributed by atoms with Crippen molar-refractivity contribution in [1.29, 1.82) is 0 Å². The summed E-state index contributed by atoms with van der Waals surface area (Å²) in [7, 11) is -5.10. The minimum Gasteiger partial charge on any atom is -0.394 e. The van der Waals surface area contributed by atoms with Crippen LogP contribution in [0.15, 0.2) is 12.2 Å². The van der Waals surface area contributed by atoms with Gasteiger partial charge in [0.15, 0.2) is 6.29 Å². The smallest absolute Gasteiger partial charge is 0.394 e. The molecule has 1 amide bonds. The molecular weight excluding hydrogens is 634 g/mol. The van der Waals surface area contributed by atoms with E-state index in [4.69, 9.17) is 14.0 Å². The Bertz CT molecular complexity index is 937. The fourth-order valence-electron chi connectivity index (χ4n) is 5.52. The Morgan fingerprint density at radius 3 is 1.96 bits per heavy atom. The summed E-state index contributed by atoms with van der Waals surface area (Å²) in [4.78, 5) is 12.9. The van der Waals surface area contributed by atoms with Gasteiger partial charge in [0.05, 0.1) is 25.4 Å². The zero-order valence-electron chi connectivity index (χ0n) is 28.5. The zero-order chi connectivity index (χ0) is 35.1. The second-order valence-corrected chi connectivity index (χ2v) is 13.6. The molecule has 0 aliphatic carbocycles. The highest BCUT2D eigenvalue weighted by Crippen LogP contribution is 2.26. The molecule has 278 valence electrons. The van der Waals surface area contributed by atoms with Gasteiger partial charge in [-0.2, -0.15) is 8.42 Å². The Labute approximate surface area is 282 Å². The molecule has 8 unspecified atom stereocenters. The maximum absolute atomic E-state index is 12.9. The van der Waals surface area contributed by atoms with Gasteiger partial charge in [0.2, 0.25) is 5.91 Å². The van der Waals surface area contributed by atoms with Crippen molar-refractivity contribution in [2.75, 3.05) is 13.2 Å². The van der Waals surface area contributed by atoms with Gasteiger partial charge in [-0.25, -0.2) is 4.18 Å². The van der Waals surface area contributed by atoms with Crippen LogP contribution in [0.2, 0.25) is 0 Å². The summed E-state index contributed by atoms with van der Waals surface area (Å²) >= 11 is 0. The van der Waals surface area contributed by atoms with Crippen LogP contribution in [-0.4, -0.2) is 107 Å². The number of ether oxygens (including phenoxy) is 2. The lowest BCUT2D eigenvalue weighted by Crippen LogP contribution is -2.61. The molecule has 0 aromatic heterocycles. The van der Waals surface area contributed by atoms with Crippen LogP contribution >= 0.6 is 0 Å². The number of aliphatic hydroxyl groups excluding tert-OH is 5. The molecule has 1 aliphatic rings. The number of rotatable bonds is 28. The third-order valence-corrected chi connectivity index (χ3v) is 8.91. The maximum Gasteiger partial charge on any atom is 0.397 e.